The quantitative estimate of drug-likeness (QED) is 0.461. The molecule has 5 rings (SSSR count). The lowest BCUT2D eigenvalue weighted by atomic mass is 9.83. The van der Waals surface area contributed by atoms with Gasteiger partial charge in [0.15, 0.2) is 5.78 Å². The average Bonchev–Trinajstić information content (AvgIpc) is 3.40. The minimum absolute atomic E-state index is 0.0500. The van der Waals surface area contributed by atoms with Crippen LogP contribution in [0.25, 0.3) is 16.6 Å². The van der Waals surface area contributed by atoms with Crippen molar-refractivity contribution in [3.8, 4) is 11.1 Å². The van der Waals surface area contributed by atoms with E-state index in [4.69, 9.17) is 0 Å². The third-order valence-corrected chi connectivity index (χ3v) is 6.61. The summed E-state index contributed by atoms with van der Waals surface area (Å²) in [5.41, 5.74) is 6.05. The van der Waals surface area contributed by atoms with E-state index in [0.29, 0.717) is 12.1 Å². The highest BCUT2D eigenvalue weighted by Crippen LogP contribution is 2.29. The number of benzene rings is 1. The van der Waals surface area contributed by atoms with Crippen LogP contribution in [0.4, 0.5) is 0 Å². The summed E-state index contributed by atoms with van der Waals surface area (Å²) in [5.74, 6) is 0.108. The summed E-state index contributed by atoms with van der Waals surface area (Å²) >= 11 is 0. The van der Waals surface area contributed by atoms with Crippen LogP contribution in [0.1, 0.15) is 53.7 Å². The van der Waals surface area contributed by atoms with E-state index in [9.17, 15) is 9.90 Å². The number of nitrogens with zero attached hydrogens (tertiary/aromatic N) is 4. The summed E-state index contributed by atoms with van der Waals surface area (Å²) < 4.78 is 3.56. The first-order valence-electron chi connectivity index (χ1n) is 11.3. The van der Waals surface area contributed by atoms with Crippen LogP contribution in [-0.4, -0.2) is 36.4 Å². The topological polar surface area (TPSA) is 72.4 Å². The maximum Gasteiger partial charge on any atom is 0.181 e. The Labute approximate surface area is 187 Å². The first-order chi connectivity index (χ1) is 15.6. The van der Waals surface area contributed by atoms with Crippen molar-refractivity contribution >= 4 is 11.3 Å². The third-order valence-electron chi connectivity index (χ3n) is 6.61. The van der Waals surface area contributed by atoms with Gasteiger partial charge in [0, 0.05) is 31.4 Å². The fraction of sp³-hybridized carbons (Fsp3) is 0.346. The molecule has 32 heavy (non-hydrogen) atoms. The number of ketones is 1. The van der Waals surface area contributed by atoms with Crippen LogP contribution in [0.2, 0.25) is 0 Å². The molecule has 0 unspecified atom stereocenters. The van der Waals surface area contributed by atoms with Crippen LogP contribution >= 0.6 is 0 Å². The van der Waals surface area contributed by atoms with Gasteiger partial charge in [0.05, 0.1) is 17.8 Å². The van der Waals surface area contributed by atoms with E-state index in [1.54, 1.807) is 15.4 Å². The van der Waals surface area contributed by atoms with Gasteiger partial charge in [0.1, 0.15) is 5.69 Å². The Morgan fingerprint density at radius 3 is 2.66 bits per heavy atom. The number of aromatic nitrogens is 4. The number of carbonyl (C=O) groups excluding carboxylic acids is 1. The molecule has 164 valence electrons. The number of hydrogen-bond acceptors (Lipinski definition) is 4. The van der Waals surface area contributed by atoms with Gasteiger partial charge in [-0.15, -0.1) is 0 Å². The second kappa shape index (κ2) is 8.71. The van der Waals surface area contributed by atoms with Gasteiger partial charge >= 0.3 is 0 Å². The summed E-state index contributed by atoms with van der Waals surface area (Å²) in [6.45, 7) is 0. The summed E-state index contributed by atoms with van der Waals surface area (Å²) in [4.78, 5) is 13.2. The Bertz CT molecular complexity index is 1240. The first-order valence-corrected chi connectivity index (χ1v) is 11.3. The molecule has 0 radical (unpaired) electrons. The Morgan fingerprint density at radius 1 is 1.09 bits per heavy atom. The van der Waals surface area contributed by atoms with E-state index < -0.39 is 0 Å². The zero-order chi connectivity index (χ0) is 22.1. The molecule has 4 aromatic rings. The molecule has 0 bridgehead atoms. The lowest BCUT2D eigenvalue weighted by molar-refractivity contribution is 0.0580. The van der Waals surface area contributed by atoms with Gasteiger partial charge in [-0.2, -0.15) is 10.2 Å². The molecular weight excluding hydrogens is 400 g/mol. The maximum absolute atomic E-state index is 13.2. The predicted molar refractivity (Wildman–Crippen MR) is 124 cm³/mol. The Morgan fingerprint density at radius 2 is 1.91 bits per heavy atom. The molecule has 1 aromatic carbocycles. The van der Waals surface area contributed by atoms with Crippen LogP contribution in [0.5, 0.6) is 0 Å². The van der Waals surface area contributed by atoms with E-state index in [1.165, 1.54) is 5.56 Å². The second-order valence-electron chi connectivity index (χ2n) is 8.89. The number of hydrogen-bond donors (Lipinski definition) is 1. The van der Waals surface area contributed by atoms with Crippen molar-refractivity contribution < 1.29 is 9.90 Å². The molecule has 0 amide bonds. The molecule has 1 saturated carbocycles. The highest BCUT2D eigenvalue weighted by Gasteiger charge is 2.27. The zero-order valence-electron chi connectivity index (χ0n) is 18.3. The largest absolute Gasteiger partial charge is 0.393 e. The smallest absolute Gasteiger partial charge is 0.181 e. The SMILES string of the molecule is Cn1cc(-c2ccc(Cc3cc(C(=O)C[C@H]4CCCC[C@@H]4O)n4ncccc34)cc2)cn1. The molecule has 2 atom stereocenters. The number of Topliss-reactive ketones (excluding diaryl/α,β-unsaturated/α-hetero) is 1. The average molecular weight is 429 g/mol. The monoisotopic (exact) mass is 428 g/mol. The number of aliphatic hydroxyl groups is 1. The maximum atomic E-state index is 13.2. The highest BCUT2D eigenvalue weighted by atomic mass is 16.3. The van der Waals surface area contributed by atoms with Crippen molar-refractivity contribution in [2.24, 2.45) is 13.0 Å². The molecule has 3 heterocycles. The van der Waals surface area contributed by atoms with Gasteiger partial charge in [0.25, 0.3) is 0 Å². The van der Waals surface area contributed by atoms with E-state index in [1.807, 2.05) is 37.6 Å². The van der Waals surface area contributed by atoms with Crippen LogP contribution < -0.4 is 0 Å². The van der Waals surface area contributed by atoms with Crippen LogP contribution in [-0.2, 0) is 13.5 Å². The van der Waals surface area contributed by atoms with E-state index in [2.05, 4.69) is 34.5 Å². The van der Waals surface area contributed by atoms with Crippen LogP contribution in [0, 0.1) is 5.92 Å². The minimum Gasteiger partial charge on any atom is -0.393 e. The molecule has 0 saturated heterocycles. The molecule has 1 N–H and O–H groups in total. The van der Waals surface area contributed by atoms with Crippen molar-refractivity contribution in [1.29, 1.82) is 0 Å². The Balaban J connectivity index is 1.39. The Hall–Kier alpha value is -3.25. The molecule has 1 aliphatic rings. The summed E-state index contributed by atoms with van der Waals surface area (Å²) in [5, 5.41) is 19.0. The van der Waals surface area contributed by atoms with Gasteiger partial charge in [-0.05, 0) is 60.1 Å². The molecule has 6 heteroatoms. The van der Waals surface area contributed by atoms with E-state index >= 15 is 0 Å². The highest BCUT2D eigenvalue weighted by molar-refractivity contribution is 5.96. The fourth-order valence-corrected chi connectivity index (χ4v) is 4.82. The zero-order valence-corrected chi connectivity index (χ0v) is 18.3. The molecule has 1 aliphatic carbocycles. The van der Waals surface area contributed by atoms with Gasteiger partial charge in [0.2, 0.25) is 0 Å². The lowest BCUT2D eigenvalue weighted by Gasteiger charge is -2.26. The normalized spacial score (nSPS) is 18.8. The van der Waals surface area contributed by atoms with Crippen molar-refractivity contribution in [3.63, 3.8) is 0 Å². The van der Waals surface area contributed by atoms with Crippen molar-refractivity contribution in [2.75, 3.05) is 0 Å². The summed E-state index contributed by atoms with van der Waals surface area (Å²) in [7, 11) is 1.91. The van der Waals surface area contributed by atoms with Gasteiger partial charge in [-0.25, -0.2) is 4.52 Å². The van der Waals surface area contributed by atoms with Gasteiger partial charge < -0.3 is 5.11 Å². The molecule has 6 nitrogen and oxygen atoms in total. The molecule has 0 spiro atoms. The van der Waals surface area contributed by atoms with Crippen LogP contribution in [0.3, 0.4) is 0 Å². The number of aliphatic hydroxyl groups excluding tert-OH is 1. The summed E-state index contributed by atoms with van der Waals surface area (Å²) in [6.07, 6.45) is 10.2. The number of aryl methyl sites for hydroxylation is 1. The number of carbonyl (C=O) groups is 1. The van der Waals surface area contributed by atoms with Crippen molar-refractivity contribution in [2.45, 2.75) is 44.6 Å². The van der Waals surface area contributed by atoms with E-state index in [-0.39, 0.29) is 17.8 Å². The fourth-order valence-electron chi connectivity index (χ4n) is 4.82. The molecule has 1 fully saturated rings. The number of rotatable bonds is 6. The molecule has 0 aliphatic heterocycles. The van der Waals surface area contributed by atoms with Crippen LogP contribution in [0.15, 0.2) is 61.1 Å². The standard InChI is InChI=1S/C26H28N4O2/c1-29-17-22(16-28-29)19-10-8-18(9-11-19)13-21-14-24(30-23(21)6-4-12-27-30)26(32)15-20-5-2-3-7-25(20)31/h4,6,8-12,14,16-17,20,25,31H,2-3,5,7,13,15H2,1H3/t20-,25+/m1/s1. The van der Waals surface area contributed by atoms with Crippen molar-refractivity contribution in [1.82, 2.24) is 19.4 Å². The lowest BCUT2D eigenvalue weighted by Crippen LogP contribution is -2.27. The van der Waals surface area contributed by atoms with Crippen molar-refractivity contribution in [3.05, 3.63) is 77.9 Å². The van der Waals surface area contributed by atoms with Gasteiger partial charge in [-0.1, -0.05) is 37.1 Å². The minimum atomic E-state index is -0.371. The third kappa shape index (κ3) is 4.10. The molecular formula is C26H28N4O2. The Kier molecular flexibility index (Phi) is 5.62. The van der Waals surface area contributed by atoms with E-state index in [0.717, 1.165) is 54.3 Å². The first kappa shape index (κ1) is 20.6. The number of fused-ring (bicyclic) bond motifs is 1. The summed E-state index contributed by atoms with van der Waals surface area (Å²) in [6, 6.07) is 14.4. The molecule has 3 aromatic heterocycles. The second-order valence-corrected chi connectivity index (χ2v) is 8.89. The van der Waals surface area contributed by atoms with Gasteiger partial charge in [-0.3, -0.25) is 9.48 Å². The predicted octanol–water partition coefficient (Wildman–Crippen LogP) is 4.45.